The zero-order valence-corrected chi connectivity index (χ0v) is 7.71. The molecule has 0 fully saturated rings. The van der Waals surface area contributed by atoms with Gasteiger partial charge in [0, 0.05) is 11.9 Å². The van der Waals surface area contributed by atoms with Crippen molar-refractivity contribution in [3.63, 3.8) is 0 Å². The Morgan fingerprint density at radius 2 is 1.71 bits per heavy atom. The summed E-state index contributed by atoms with van der Waals surface area (Å²) < 4.78 is 0. The molecule has 0 N–H and O–H groups in total. The van der Waals surface area contributed by atoms with Gasteiger partial charge in [-0.15, -0.1) is 11.6 Å². The van der Waals surface area contributed by atoms with Gasteiger partial charge in [-0.1, -0.05) is 0 Å². The highest BCUT2D eigenvalue weighted by Crippen LogP contribution is 2.22. The molecule has 0 atom stereocenters. The molecule has 0 unspecified atom stereocenters. The normalized spacial score (nSPS) is 8.64. The summed E-state index contributed by atoms with van der Waals surface area (Å²) in [6.45, 7) is 0. The topological polar surface area (TPSA) is 58.9 Å². The van der Waals surface area contributed by atoms with Gasteiger partial charge < -0.3 is 0 Å². The van der Waals surface area contributed by atoms with Crippen LogP contribution in [0.5, 0.6) is 0 Å². The summed E-state index contributed by atoms with van der Waals surface area (Å²) in [5, 5.41) is 0. The van der Waals surface area contributed by atoms with E-state index in [9.17, 15) is 9.59 Å². The number of aliphatic imine (C=N–C) groups is 2. The van der Waals surface area contributed by atoms with E-state index in [1.807, 2.05) is 0 Å². The lowest BCUT2D eigenvalue weighted by Crippen LogP contribution is -1.77. The van der Waals surface area contributed by atoms with E-state index in [0.29, 0.717) is 5.56 Å². The van der Waals surface area contributed by atoms with Crippen LogP contribution in [0.3, 0.4) is 0 Å². The second-order valence-corrected chi connectivity index (χ2v) is 2.57. The van der Waals surface area contributed by atoms with Crippen molar-refractivity contribution in [1.29, 1.82) is 0 Å². The van der Waals surface area contributed by atoms with Gasteiger partial charge in [0.25, 0.3) is 0 Å². The molecule has 0 aliphatic carbocycles. The second-order valence-electron chi connectivity index (χ2n) is 2.30. The smallest absolute Gasteiger partial charge is 0.211 e. The Balaban J connectivity index is 3.25. The van der Waals surface area contributed by atoms with Crippen molar-refractivity contribution in [1.82, 2.24) is 0 Å². The van der Waals surface area contributed by atoms with E-state index >= 15 is 0 Å². The molecular weight excluding hydrogens is 204 g/mol. The van der Waals surface area contributed by atoms with Gasteiger partial charge >= 0.3 is 0 Å². The van der Waals surface area contributed by atoms with Crippen LogP contribution in [-0.4, -0.2) is 12.2 Å². The van der Waals surface area contributed by atoms with Crippen LogP contribution in [0.15, 0.2) is 22.1 Å². The Labute approximate surface area is 84.9 Å². The van der Waals surface area contributed by atoms with Crippen molar-refractivity contribution in [2.75, 3.05) is 0 Å². The van der Waals surface area contributed by atoms with Gasteiger partial charge in [0.15, 0.2) is 0 Å². The minimum Gasteiger partial charge on any atom is -0.211 e. The number of rotatable bonds is 3. The highest BCUT2D eigenvalue weighted by atomic mass is 35.5. The van der Waals surface area contributed by atoms with Gasteiger partial charge in [0.05, 0.1) is 11.4 Å². The highest BCUT2D eigenvalue weighted by molar-refractivity contribution is 6.17. The van der Waals surface area contributed by atoms with Crippen LogP contribution in [0.4, 0.5) is 11.4 Å². The molecule has 0 heterocycles. The van der Waals surface area contributed by atoms with Gasteiger partial charge in [-0.3, -0.25) is 0 Å². The van der Waals surface area contributed by atoms with Crippen LogP contribution >= 0.6 is 11.6 Å². The first-order valence-corrected chi connectivity index (χ1v) is 4.11. The number of benzene rings is 1. The molecular formula is C9H4ClN2O2. The molecule has 0 saturated carbocycles. The molecule has 1 radical (unpaired) electrons. The van der Waals surface area contributed by atoms with Gasteiger partial charge in [-0.2, -0.15) is 9.98 Å². The van der Waals surface area contributed by atoms with E-state index < -0.39 is 0 Å². The summed E-state index contributed by atoms with van der Waals surface area (Å²) in [5.74, 6) is 0.234. The van der Waals surface area contributed by atoms with E-state index in [0.717, 1.165) is 0 Å². The average molecular weight is 208 g/mol. The Morgan fingerprint density at radius 3 is 2.07 bits per heavy atom. The fraction of sp³-hybridized carbons (Fsp3) is 0.111. The molecule has 0 aromatic heterocycles. The first-order chi connectivity index (χ1) is 6.80. The van der Waals surface area contributed by atoms with Gasteiger partial charge in [0.1, 0.15) is 0 Å². The van der Waals surface area contributed by atoms with E-state index in [2.05, 4.69) is 16.1 Å². The van der Waals surface area contributed by atoms with Crippen molar-refractivity contribution < 1.29 is 9.59 Å². The Hall–Kier alpha value is -1.73. The lowest BCUT2D eigenvalue weighted by molar-refractivity contribution is 0.565. The molecule has 1 aromatic rings. The molecule has 0 bridgehead atoms. The number of isocyanates is 2. The lowest BCUT2D eigenvalue weighted by Gasteiger charge is -1.97. The van der Waals surface area contributed by atoms with Crippen LogP contribution in [-0.2, 0) is 15.5 Å². The number of hydrogen-bond acceptors (Lipinski definition) is 4. The predicted octanol–water partition coefficient (Wildman–Crippen LogP) is 2.16. The summed E-state index contributed by atoms with van der Waals surface area (Å²) in [7, 11) is 0. The maximum Gasteiger partial charge on any atom is 0.240 e. The Kier molecular flexibility index (Phi) is 3.77. The third-order valence-electron chi connectivity index (χ3n) is 1.39. The summed E-state index contributed by atoms with van der Waals surface area (Å²) in [5.41, 5.74) is 1.17. The second kappa shape index (κ2) is 5.10. The van der Waals surface area contributed by atoms with E-state index in [4.69, 9.17) is 11.6 Å². The standard InChI is InChI=1S/C9H4ClN2O2/c10-4-7-1-8(11-5-13)3-9(2-7)12-6-14/h1-2H,4H2. The minimum atomic E-state index is 0.234. The molecule has 5 heteroatoms. The molecule has 1 rings (SSSR count). The number of hydrogen-bond donors (Lipinski definition) is 0. The van der Waals surface area contributed by atoms with E-state index in [-0.39, 0.29) is 17.3 Å². The van der Waals surface area contributed by atoms with Crippen LogP contribution < -0.4 is 0 Å². The first-order valence-electron chi connectivity index (χ1n) is 3.58. The first kappa shape index (κ1) is 10.4. The van der Waals surface area contributed by atoms with Gasteiger partial charge in [0.2, 0.25) is 12.2 Å². The maximum absolute atomic E-state index is 9.99. The molecule has 0 saturated heterocycles. The van der Waals surface area contributed by atoms with Crippen molar-refractivity contribution in [3.8, 4) is 0 Å². The molecule has 0 aliphatic rings. The monoisotopic (exact) mass is 207 g/mol. The number of nitrogens with zero attached hydrogens (tertiary/aromatic N) is 2. The van der Waals surface area contributed by atoms with Crippen molar-refractivity contribution in [3.05, 3.63) is 23.8 Å². The molecule has 4 nitrogen and oxygen atoms in total. The number of halogens is 1. The van der Waals surface area contributed by atoms with Crippen LogP contribution in [0.1, 0.15) is 5.56 Å². The molecule has 0 aliphatic heterocycles. The number of carbonyl (C=O) groups excluding carboxylic acids is 2. The minimum absolute atomic E-state index is 0.234. The predicted molar refractivity (Wildman–Crippen MR) is 50.4 cm³/mol. The van der Waals surface area contributed by atoms with Crippen molar-refractivity contribution >= 4 is 35.1 Å². The Morgan fingerprint density at radius 1 is 1.21 bits per heavy atom. The fourth-order valence-corrected chi connectivity index (χ4v) is 1.05. The maximum atomic E-state index is 9.99. The molecule has 1 aromatic carbocycles. The van der Waals surface area contributed by atoms with E-state index in [1.165, 1.54) is 12.2 Å². The third-order valence-corrected chi connectivity index (χ3v) is 1.70. The van der Waals surface area contributed by atoms with Crippen molar-refractivity contribution in [2.45, 2.75) is 5.88 Å². The quantitative estimate of drug-likeness (QED) is 0.433. The summed E-state index contributed by atoms with van der Waals surface area (Å²) in [6, 6.07) is 5.72. The SMILES string of the molecule is O=C=Nc1[c]c(N=C=O)cc(CCl)c1. The average Bonchev–Trinajstić information content (AvgIpc) is 2.18. The molecule has 14 heavy (non-hydrogen) atoms. The largest absolute Gasteiger partial charge is 0.240 e. The summed E-state index contributed by atoms with van der Waals surface area (Å²) >= 11 is 5.58. The molecule has 0 amide bonds. The Bertz CT molecular complexity index is 396. The van der Waals surface area contributed by atoms with Gasteiger partial charge in [-0.05, 0) is 17.7 Å². The summed E-state index contributed by atoms with van der Waals surface area (Å²) in [4.78, 5) is 26.7. The van der Waals surface area contributed by atoms with E-state index in [1.54, 1.807) is 12.1 Å². The zero-order valence-electron chi connectivity index (χ0n) is 6.95. The van der Waals surface area contributed by atoms with Gasteiger partial charge in [-0.25, -0.2) is 9.59 Å². The molecule has 0 spiro atoms. The molecule has 69 valence electrons. The lowest BCUT2D eigenvalue weighted by atomic mass is 10.2. The zero-order chi connectivity index (χ0) is 10.4. The third kappa shape index (κ3) is 2.64. The number of alkyl halides is 1. The summed E-state index contributed by atoms with van der Waals surface area (Å²) in [6.07, 6.45) is 2.73. The van der Waals surface area contributed by atoms with Crippen LogP contribution in [0, 0.1) is 6.07 Å². The van der Waals surface area contributed by atoms with Crippen molar-refractivity contribution in [2.24, 2.45) is 9.98 Å². The fourth-order valence-electron chi connectivity index (χ4n) is 0.892. The van der Waals surface area contributed by atoms with Crippen LogP contribution in [0.2, 0.25) is 0 Å². The highest BCUT2D eigenvalue weighted by Gasteiger charge is 1.99. The van der Waals surface area contributed by atoms with Crippen LogP contribution in [0.25, 0.3) is 0 Å².